The Morgan fingerprint density at radius 3 is 3.18 bits per heavy atom. The summed E-state index contributed by atoms with van der Waals surface area (Å²) in [7, 11) is 0. The fraction of sp³-hybridized carbons (Fsp3) is 0.444. The monoisotopic (exact) mass is 148 g/mol. The molecule has 2 rings (SSSR count). The van der Waals surface area contributed by atoms with Crippen LogP contribution in [0.3, 0.4) is 0 Å². The van der Waals surface area contributed by atoms with Crippen molar-refractivity contribution in [3.8, 4) is 0 Å². The first-order chi connectivity index (χ1) is 5.27. The van der Waals surface area contributed by atoms with Gasteiger partial charge in [0.25, 0.3) is 0 Å². The predicted octanol–water partition coefficient (Wildman–Crippen LogP) is 1.92. The smallest absolute Gasteiger partial charge is 0.0683 e. The maximum atomic E-state index is 4.47. The Bertz CT molecular complexity index is 281. The average Bonchev–Trinajstić information content (AvgIpc) is 2.33. The van der Waals surface area contributed by atoms with Crippen molar-refractivity contribution in [3.63, 3.8) is 0 Å². The number of pyridine rings is 1. The van der Waals surface area contributed by atoms with E-state index in [2.05, 4.69) is 23.3 Å². The molecule has 11 heavy (non-hydrogen) atoms. The van der Waals surface area contributed by atoms with Crippen LogP contribution in [0.2, 0.25) is 0 Å². The van der Waals surface area contributed by atoms with Crippen molar-refractivity contribution in [1.82, 2.24) is 4.98 Å². The largest absolute Gasteiger partial charge is 0.383 e. The molecule has 0 aliphatic carbocycles. The minimum absolute atomic E-state index is 0.574. The van der Waals surface area contributed by atoms with E-state index in [1.165, 1.54) is 11.4 Å². The predicted molar refractivity (Wildman–Crippen MR) is 45.9 cm³/mol. The van der Waals surface area contributed by atoms with Gasteiger partial charge in [0.05, 0.1) is 11.4 Å². The third-order valence-electron chi connectivity index (χ3n) is 2.13. The Morgan fingerprint density at radius 1 is 1.55 bits per heavy atom. The third-order valence-corrected chi connectivity index (χ3v) is 2.13. The van der Waals surface area contributed by atoms with Gasteiger partial charge in [-0.3, -0.25) is 4.98 Å². The summed E-state index contributed by atoms with van der Waals surface area (Å²) in [4.78, 5) is 4.47. The summed E-state index contributed by atoms with van der Waals surface area (Å²) < 4.78 is 0. The fourth-order valence-electron chi connectivity index (χ4n) is 1.46. The lowest BCUT2D eigenvalue weighted by atomic mass is 10.1. The van der Waals surface area contributed by atoms with Gasteiger partial charge >= 0.3 is 0 Å². The summed E-state index contributed by atoms with van der Waals surface area (Å²) in [6.07, 6.45) is 0. The van der Waals surface area contributed by atoms with Crippen molar-refractivity contribution < 1.29 is 0 Å². The second kappa shape index (κ2) is 2.22. The highest BCUT2D eigenvalue weighted by Crippen LogP contribution is 2.28. The van der Waals surface area contributed by atoms with Crippen molar-refractivity contribution in [1.29, 1.82) is 0 Å². The molecule has 1 aliphatic rings. The number of aromatic nitrogens is 1. The normalized spacial score (nSPS) is 21.1. The van der Waals surface area contributed by atoms with Gasteiger partial charge < -0.3 is 5.32 Å². The number of fused-ring (bicyclic) bond motifs is 1. The summed E-state index contributed by atoms with van der Waals surface area (Å²) in [6.45, 7) is 5.27. The lowest BCUT2D eigenvalue weighted by Gasteiger charge is -2.01. The lowest BCUT2D eigenvalue weighted by molar-refractivity contribution is 0.817. The van der Waals surface area contributed by atoms with Crippen LogP contribution in [-0.4, -0.2) is 11.5 Å². The number of anilines is 1. The molecule has 0 spiro atoms. The molecule has 0 saturated heterocycles. The lowest BCUT2D eigenvalue weighted by Crippen LogP contribution is -1.96. The Balaban J connectivity index is 2.52. The molecule has 58 valence electrons. The highest BCUT2D eigenvalue weighted by Gasteiger charge is 2.18. The van der Waals surface area contributed by atoms with E-state index in [-0.39, 0.29) is 0 Å². The van der Waals surface area contributed by atoms with Crippen molar-refractivity contribution in [2.45, 2.75) is 19.8 Å². The molecule has 1 N–H and O–H groups in total. The molecule has 0 fully saturated rings. The van der Waals surface area contributed by atoms with Crippen LogP contribution in [0, 0.1) is 6.92 Å². The molecule has 0 radical (unpaired) electrons. The highest BCUT2D eigenvalue weighted by atomic mass is 15.0. The minimum Gasteiger partial charge on any atom is -0.383 e. The molecular weight excluding hydrogens is 136 g/mol. The van der Waals surface area contributed by atoms with Crippen LogP contribution in [0.15, 0.2) is 12.1 Å². The molecule has 2 heteroatoms. The van der Waals surface area contributed by atoms with E-state index in [0.29, 0.717) is 5.92 Å². The van der Waals surface area contributed by atoms with Crippen molar-refractivity contribution in [2.75, 3.05) is 11.9 Å². The first kappa shape index (κ1) is 6.65. The SMILES string of the molecule is Cc1ccc2c(n1)C(C)CN2. The summed E-state index contributed by atoms with van der Waals surface area (Å²) >= 11 is 0. The van der Waals surface area contributed by atoms with Gasteiger partial charge in [-0.05, 0) is 19.1 Å². The zero-order valence-corrected chi connectivity index (χ0v) is 6.89. The standard InChI is InChI=1S/C9H12N2/c1-6-5-10-8-4-3-7(2)11-9(6)8/h3-4,6,10H,5H2,1-2H3. The molecule has 2 heterocycles. The fourth-order valence-corrected chi connectivity index (χ4v) is 1.46. The van der Waals surface area contributed by atoms with Gasteiger partial charge in [0, 0.05) is 18.2 Å². The van der Waals surface area contributed by atoms with Crippen LogP contribution in [0.1, 0.15) is 24.2 Å². The third kappa shape index (κ3) is 0.985. The van der Waals surface area contributed by atoms with Crippen LogP contribution in [-0.2, 0) is 0 Å². The number of aryl methyl sites for hydroxylation is 1. The molecule has 1 aliphatic heterocycles. The van der Waals surface area contributed by atoms with Crippen LogP contribution in [0.25, 0.3) is 0 Å². The Kier molecular flexibility index (Phi) is 1.34. The van der Waals surface area contributed by atoms with Crippen LogP contribution < -0.4 is 5.32 Å². The van der Waals surface area contributed by atoms with Gasteiger partial charge in [0.2, 0.25) is 0 Å². The molecule has 0 amide bonds. The van der Waals surface area contributed by atoms with Crippen LogP contribution >= 0.6 is 0 Å². The highest BCUT2D eigenvalue weighted by molar-refractivity contribution is 5.54. The summed E-state index contributed by atoms with van der Waals surface area (Å²) in [5.74, 6) is 0.574. The maximum Gasteiger partial charge on any atom is 0.0683 e. The van der Waals surface area contributed by atoms with Crippen LogP contribution in [0.4, 0.5) is 5.69 Å². The van der Waals surface area contributed by atoms with Gasteiger partial charge in [-0.25, -0.2) is 0 Å². The number of nitrogens with zero attached hydrogens (tertiary/aromatic N) is 1. The topological polar surface area (TPSA) is 24.9 Å². The van der Waals surface area contributed by atoms with E-state index in [0.717, 1.165) is 12.2 Å². The van der Waals surface area contributed by atoms with Gasteiger partial charge in [-0.2, -0.15) is 0 Å². The molecule has 1 aromatic heterocycles. The second-order valence-electron chi connectivity index (χ2n) is 3.17. The maximum absolute atomic E-state index is 4.47. The van der Waals surface area contributed by atoms with Crippen molar-refractivity contribution in [2.24, 2.45) is 0 Å². The first-order valence-corrected chi connectivity index (χ1v) is 3.99. The average molecular weight is 148 g/mol. The molecule has 0 bridgehead atoms. The molecular formula is C9H12N2. The van der Waals surface area contributed by atoms with Gasteiger partial charge in [0.15, 0.2) is 0 Å². The number of hydrogen-bond donors (Lipinski definition) is 1. The van der Waals surface area contributed by atoms with Gasteiger partial charge in [-0.1, -0.05) is 6.92 Å². The Morgan fingerprint density at radius 2 is 2.36 bits per heavy atom. The quantitative estimate of drug-likeness (QED) is 0.608. The van der Waals surface area contributed by atoms with Crippen molar-refractivity contribution >= 4 is 5.69 Å². The zero-order chi connectivity index (χ0) is 7.84. The molecule has 0 saturated carbocycles. The van der Waals surface area contributed by atoms with Gasteiger partial charge in [0.1, 0.15) is 0 Å². The molecule has 2 nitrogen and oxygen atoms in total. The summed E-state index contributed by atoms with van der Waals surface area (Å²) in [5, 5.41) is 3.31. The second-order valence-corrected chi connectivity index (χ2v) is 3.17. The Labute approximate surface area is 66.7 Å². The van der Waals surface area contributed by atoms with Gasteiger partial charge in [-0.15, -0.1) is 0 Å². The van der Waals surface area contributed by atoms with E-state index < -0.39 is 0 Å². The molecule has 0 aromatic carbocycles. The first-order valence-electron chi connectivity index (χ1n) is 3.99. The Hall–Kier alpha value is -1.05. The van der Waals surface area contributed by atoms with E-state index in [1.54, 1.807) is 0 Å². The molecule has 1 aromatic rings. The molecule has 1 unspecified atom stereocenters. The number of rotatable bonds is 0. The number of hydrogen-bond acceptors (Lipinski definition) is 2. The number of nitrogens with one attached hydrogen (secondary N) is 1. The van der Waals surface area contributed by atoms with E-state index in [1.807, 2.05) is 13.0 Å². The molecule has 1 atom stereocenters. The zero-order valence-electron chi connectivity index (χ0n) is 6.89. The summed E-state index contributed by atoms with van der Waals surface area (Å²) in [5.41, 5.74) is 3.55. The van der Waals surface area contributed by atoms with E-state index in [4.69, 9.17) is 0 Å². The minimum atomic E-state index is 0.574. The van der Waals surface area contributed by atoms with E-state index >= 15 is 0 Å². The van der Waals surface area contributed by atoms with Crippen molar-refractivity contribution in [3.05, 3.63) is 23.5 Å². The van der Waals surface area contributed by atoms with E-state index in [9.17, 15) is 0 Å². The summed E-state index contributed by atoms with van der Waals surface area (Å²) in [6, 6.07) is 4.16. The van der Waals surface area contributed by atoms with Crippen LogP contribution in [0.5, 0.6) is 0 Å².